The number of amides is 1. The Morgan fingerprint density at radius 1 is 1.12 bits per heavy atom. The molecule has 1 saturated carbocycles. The van der Waals surface area contributed by atoms with Crippen molar-refractivity contribution in [1.82, 2.24) is 20.1 Å². The van der Waals surface area contributed by atoms with Crippen LogP contribution in [0.3, 0.4) is 0 Å². The highest BCUT2D eigenvalue weighted by Gasteiger charge is 2.51. The Balaban J connectivity index is 1.36. The summed E-state index contributed by atoms with van der Waals surface area (Å²) >= 11 is 12.6. The number of hydrogen-bond donors (Lipinski definition) is 2. The minimum Gasteiger partial charge on any atom is -0.341 e. The number of rotatable bonds is 10. The van der Waals surface area contributed by atoms with Crippen molar-refractivity contribution >= 4 is 29.1 Å². The highest BCUT2D eigenvalue weighted by atomic mass is 35.5. The third kappa shape index (κ3) is 6.33. The molecule has 4 aromatic rings. The number of carbonyl (C=O) groups is 1. The van der Waals surface area contributed by atoms with Crippen molar-refractivity contribution < 1.29 is 9.53 Å². The molecule has 7 nitrogen and oxygen atoms in total. The highest BCUT2D eigenvalue weighted by molar-refractivity contribution is 6.42. The number of nitrogens with two attached hydrogens (primary N) is 1. The van der Waals surface area contributed by atoms with E-state index in [4.69, 9.17) is 38.8 Å². The molecule has 0 aliphatic heterocycles. The van der Waals surface area contributed by atoms with Crippen molar-refractivity contribution in [2.24, 2.45) is 17.1 Å². The van der Waals surface area contributed by atoms with Gasteiger partial charge >= 0.3 is 0 Å². The van der Waals surface area contributed by atoms with E-state index < -0.39 is 5.72 Å². The zero-order chi connectivity index (χ0) is 29.2. The second-order valence-corrected chi connectivity index (χ2v) is 12.3. The Bertz CT molecular complexity index is 1510. The molecule has 1 amide bonds. The summed E-state index contributed by atoms with van der Waals surface area (Å²) in [6, 6.07) is 21.5. The van der Waals surface area contributed by atoms with Gasteiger partial charge in [-0.15, -0.1) is 0 Å². The molecule has 3 unspecified atom stereocenters. The Hall–Kier alpha value is -3.23. The molecule has 214 valence electrons. The van der Waals surface area contributed by atoms with E-state index in [9.17, 15) is 4.79 Å². The van der Waals surface area contributed by atoms with E-state index >= 15 is 0 Å². The van der Waals surface area contributed by atoms with E-state index in [1.165, 1.54) is 0 Å². The number of ether oxygens (including phenoxy) is 1. The molecular weight excluding hydrogens is 557 g/mol. The molecule has 0 radical (unpaired) electrons. The van der Waals surface area contributed by atoms with Gasteiger partial charge in [0.15, 0.2) is 0 Å². The van der Waals surface area contributed by atoms with Gasteiger partial charge in [0.2, 0.25) is 5.91 Å². The second-order valence-electron chi connectivity index (χ2n) is 11.5. The first-order chi connectivity index (χ1) is 19.6. The summed E-state index contributed by atoms with van der Waals surface area (Å²) in [4.78, 5) is 17.6. The number of nitrogens with one attached hydrogen (secondary N) is 1. The smallest absolute Gasteiger partial charge is 0.222 e. The maximum absolute atomic E-state index is 13.3. The fourth-order valence-electron chi connectivity index (χ4n) is 5.86. The van der Waals surface area contributed by atoms with E-state index in [0.717, 1.165) is 34.6 Å². The molecule has 2 heterocycles. The number of aromatic nitrogens is 3. The van der Waals surface area contributed by atoms with Crippen LogP contribution in [0.15, 0.2) is 79.1 Å². The van der Waals surface area contributed by atoms with Gasteiger partial charge in [-0.3, -0.25) is 9.78 Å². The zero-order valence-electron chi connectivity index (χ0n) is 23.5. The molecule has 0 saturated heterocycles. The molecule has 3 N–H and O–H groups in total. The molecule has 2 aromatic carbocycles. The first-order valence-electron chi connectivity index (χ1n) is 13.7. The number of benzene rings is 2. The number of hydrogen-bond acceptors (Lipinski definition) is 5. The average molecular weight is 593 g/mol. The van der Waals surface area contributed by atoms with Crippen LogP contribution in [-0.4, -0.2) is 33.1 Å². The molecule has 1 aliphatic carbocycles. The lowest BCUT2D eigenvalue weighted by Crippen LogP contribution is -2.53. The number of nitrogens with zero attached hydrogens (tertiary/aromatic N) is 3. The molecule has 1 fully saturated rings. The summed E-state index contributed by atoms with van der Waals surface area (Å²) in [5.41, 5.74) is 9.38. The molecule has 9 heteroatoms. The highest BCUT2D eigenvalue weighted by Crippen LogP contribution is 2.58. The maximum atomic E-state index is 13.3. The Kier molecular flexibility index (Phi) is 8.52. The van der Waals surface area contributed by atoms with Crippen LogP contribution < -0.4 is 11.1 Å². The minimum atomic E-state index is -0.897. The van der Waals surface area contributed by atoms with Crippen LogP contribution in [-0.2, 0) is 16.0 Å². The summed E-state index contributed by atoms with van der Waals surface area (Å²) in [6.07, 6.45) is 5.30. The molecule has 0 spiro atoms. The van der Waals surface area contributed by atoms with Crippen molar-refractivity contribution in [3.63, 3.8) is 0 Å². The predicted octanol–water partition coefficient (Wildman–Crippen LogP) is 6.77. The lowest BCUT2D eigenvalue weighted by molar-refractivity contribution is -0.136. The molecule has 1 aliphatic rings. The summed E-state index contributed by atoms with van der Waals surface area (Å²) < 4.78 is 7.76. The van der Waals surface area contributed by atoms with Crippen LogP contribution in [0.2, 0.25) is 10.0 Å². The largest absolute Gasteiger partial charge is 0.341 e. The molecule has 0 bridgehead atoms. The van der Waals surface area contributed by atoms with Crippen molar-refractivity contribution in [3.05, 3.63) is 100 Å². The third-order valence-electron chi connectivity index (χ3n) is 8.29. The maximum Gasteiger partial charge on any atom is 0.222 e. The van der Waals surface area contributed by atoms with Gasteiger partial charge in [-0.2, -0.15) is 5.10 Å². The van der Waals surface area contributed by atoms with Gasteiger partial charge in [-0.1, -0.05) is 67.4 Å². The van der Waals surface area contributed by atoms with Crippen LogP contribution in [0.25, 0.3) is 16.9 Å². The first-order valence-corrected chi connectivity index (χ1v) is 14.5. The van der Waals surface area contributed by atoms with Crippen molar-refractivity contribution in [2.75, 3.05) is 6.73 Å². The summed E-state index contributed by atoms with van der Waals surface area (Å²) in [5, 5.41) is 9.03. The van der Waals surface area contributed by atoms with Crippen LogP contribution in [0, 0.1) is 11.3 Å². The van der Waals surface area contributed by atoms with Gasteiger partial charge in [0, 0.05) is 42.4 Å². The monoisotopic (exact) mass is 591 g/mol. The summed E-state index contributed by atoms with van der Waals surface area (Å²) in [5.74, 6) is 0.288. The lowest BCUT2D eigenvalue weighted by Gasteiger charge is -2.52. The van der Waals surface area contributed by atoms with E-state index in [0.29, 0.717) is 22.9 Å². The third-order valence-corrected chi connectivity index (χ3v) is 9.03. The van der Waals surface area contributed by atoms with Crippen molar-refractivity contribution in [1.29, 1.82) is 0 Å². The SMILES string of the molecule is CC(Cc1ccccc1)(NC(=O)CC1CC(c2cc(-c3cccnc3)nn2-c2ccc(Cl)c(Cl)c2)C1(C)C)OCN. The topological polar surface area (TPSA) is 95.1 Å². The fourth-order valence-corrected chi connectivity index (χ4v) is 6.15. The van der Waals surface area contributed by atoms with Crippen molar-refractivity contribution in [2.45, 2.75) is 51.7 Å². The predicted molar refractivity (Wildman–Crippen MR) is 163 cm³/mol. The van der Waals surface area contributed by atoms with Gasteiger partial charge in [0.05, 0.1) is 28.2 Å². The molecule has 41 heavy (non-hydrogen) atoms. The lowest BCUT2D eigenvalue weighted by atomic mass is 9.52. The van der Waals surface area contributed by atoms with Crippen LogP contribution in [0.1, 0.15) is 50.8 Å². The van der Waals surface area contributed by atoms with Gasteiger partial charge in [-0.25, -0.2) is 4.68 Å². The van der Waals surface area contributed by atoms with Gasteiger partial charge in [0.25, 0.3) is 0 Å². The number of carbonyl (C=O) groups excluding carboxylic acids is 1. The van der Waals surface area contributed by atoms with Gasteiger partial charge < -0.3 is 15.8 Å². The van der Waals surface area contributed by atoms with Crippen LogP contribution in [0.5, 0.6) is 0 Å². The van der Waals surface area contributed by atoms with E-state index in [1.807, 2.05) is 66.2 Å². The Morgan fingerprint density at radius 3 is 2.56 bits per heavy atom. The van der Waals surface area contributed by atoms with Crippen LogP contribution in [0.4, 0.5) is 0 Å². The van der Waals surface area contributed by atoms with E-state index in [-0.39, 0.29) is 29.9 Å². The van der Waals surface area contributed by atoms with E-state index in [2.05, 4.69) is 30.2 Å². The molecule has 2 aromatic heterocycles. The fraction of sp³-hybridized carbons (Fsp3) is 0.344. The number of pyridine rings is 1. The second kappa shape index (κ2) is 11.9. The quantitative estimate of drug-likeness (QED) is 0.198. The Morgan fingerprint density at radius 2 is 1.90 bits per heavy atom. The first kappa shape index (κ1) is 29.3. The van der Waals surface area contributed by atoms with E-state index in [1.54, 1.807) is 18.5 Å². The van der Waals surface area contributed by atoms with Crippen molar-refractivity contribution in [3.8, 4) is 16.9 Å². The zero-order valence-corrected chi connectivity index (χ0v) is 25.0. The Labute approximate surface area is 251 Å². The standard InChI is InChI=1S/C32H35Cl2N5O2/c1-31(2)23(15-30(40)37-32(3,41-20-35)18-21-8-5-4-6-9-21)14-25(31)29-17-28(22-10-7-13-36-19-22)38-39(29)24-11-12-26(33)27(34)16-24/h4-13,16-17,19,23,25H,14-15,18,20,35H2,1-3H3,(H,37,40). The average Bonchev–Trinajstić information content (AvgIpc) is 3.38. The van der Waals surface area contributed by atoms with Crippen LogP contribution >= 0.6 is 23.2 Å². The molecular formula is C32H35Cl2N5O2. The number of halogens is 2. The normalized spacial score (nSPS) is 19.3. The minimum absolute atomic E-state index is 0.0125. The summed E-state index contributed by atoms with van der Waals surface area (Å²) in [6.45, 7) is 6.32. The molecule has 3 atom stereocenters. The van der Waals surface area contributed by atoms with Gasteiger partial charge in [-0.05, 0) is 66.6 Å². The van der Waals surface area contributed by atoms with Gasteiger partial charge in [0.1, 0.15) is 5.72 Å². The summed E-state index contributed by atoms with van der Waals surface area (Å²) in [7, 11) is 0. The molecule has 5 rings (SSSR count).